The number of halogens is 1. The smallest absolute Gasteiger partial charge is 0.229 e. The zero-order valence-electron chi connectivity index (χ0n) is 12.8. The first-order valence-electron chi connectivity index (χ1n) is 8.33. The molecule has 4 saturated carbocycles. The van der Waals surface area contributed by atoms with Gasteiger partial charge >= 0.3 is 0 Å². The van der Waals surface area contributed by atoms with Crippen molar-refractivity contribution in [1.29, 1.82) is 0 Å². The van der Waals surface area contributed by atoms with E-state index in [1.54, 1.807) is 0 Å². The van der Waals surface area contributed by atoms with Crippen molar-refractivity contribution in [2.45, 2.75) is 76.4 Å². The summed E-state index contributed by atoms with van der Waals surface area (Å²) < 4.78 is 15.0. The summed E-state index contributed by atoms with van der Waals surface area (Å²) >= 11 is 0. The first kappa shape index (κ1) is 13.1. The fourth-order valence-electron chi connectivity index (χ4n) is 6.17. The highest BCUT2D eigenvalue weighted by atomic mass is 19.1. The van der Waals surface area contributed by atoms with Crippen molar-refractivity contribution in [3.8, 4) is 0 Å². The highest BCUT2D eigenvalue weighted by molar-refractivity contribution is 5.84. The van der Waals surface area contributed by atoms with Gasteiger partial charge in [-0.25, -0.2) is 4.39 Å². The number of nitrogens with zero attached hydrogens (tertiary/aromatic N) is 1. The largest absolute Gasteiger partial charge is 0.337 e. The van der Waals surface area contributed by atoms with E-state index in [0.717, 1.165) is 45.1 Å². The van der Waals surface area contributed by atoms with E-state index in [0.29, 0.717) is 18.3 Å². The van der Waals surface area contributed by atoms with Gasteiger partial charge in [0.1, 0.15) is 5.67 Å². The minimum Gasteiger partial charge on any atom is -0.337 e. The van der Waals surface area contributed by atoms with Crippen LogP contribution in [0.4, 0.5) is 4.39 Å². The monoisotopic (exact) mass is 279 g/mol. The molecule has 2 atom stereocenters. The van der Waals surface area contributed by atoms with Crippen molar-refractivity contribution < 1.29 is 9.18 Å². The van der Waals surface area contributed by atoms with Crippen LogP contribution in [-0.2, 0) is 4.79 Å². The maximum absolute atomic E-state index is 15.0. The number of likely N-dealkylation sites (tertiary alicyclic amines) is 1. The Bertz CT molecular complexity index is 444. The van der Waals surface area contributed by atoms with Crippen LogP contribution in [0.2, 0.25) is 0 Å². The Morgan fingerprint density at radius 1 is 1.15 bits per heavy atom. The van der Waals surface area contributed by atoms with Gasteiger partial charge < -0.3 is 4.90 Å². The third-order valence-corrected chi connectivity index (χ3v) is 6.59. The second-order valence-corrected chi connectivity index (χ2v) is 8.77. The summed E-state index contributed by atoms with van der Waals surface area (Å²) in [5.41, 5.74) is -1.39. The number of carbonyl (C=O) groups excluding carboxylic acids is 1. The van der Waals surface area contributed by atoms with Gasteiger partial charge in [-0.1, -0.05) is 0 Å². The van der Waals surface area contributed by atoms with Crippen LogP contribution in [-0.4, -0.2) is 28.6 Å². The maximum Gasteiger partial charge on any atom is 0.229 e. The van der Waals surface area contributed by atoms with Crippen LogP contribution in [0, 0.1) is 17.3 Å². The van der Waals surface area contributed by atoms with Gasteiger partial charge in [-0.3, -0.25) is 4.79 Å². The molecule has 0 aromatic carbocycles. The molecule has 2 unspecified atom stereocenters. The van der Waals surface area contributed by atoms with Crippen LogP contribution < -0.4 is 0 Å². The van der Waals surface area contributed by atoms with E-state index in [9.17, 15) is 9.18 Å². The molecule has 1 heterocycles. The van der Waals surface area contributed by atoms with Gasteiger partial charge in [-0.2, -0.15) is 0 Å². The number of hydrogen-bond acceptors (Lipinski definition) is 1. The molecule has 5 fully saturated rings. The topological polar surface area (TPSA) is 20.3 Å². The van der Waals surface area contributed by atoms with E-state index in [1.807, 2.05) is 0 Å². The van der Waals surface area contributed by atoms with Crippen molar-refractivity contribution in [3.05, 3.63) is 0 Å². The van der Waals surface area contributed by atoms with Crippen LogP contribution in [0.5, 0.6) is 0 Å². The van der Waals surface area contributed by atoms with Gasteiger partial charge in [0.05, 0.1) is 5.41 Å². The lowest BCUT2D eigenvalue weighted by Gasteiger charge is -2.59. The lowest BCUT2D eigenvalue weighted by Crippen LogP contribution is -2.61. The molecule has 0 N–H and O–H groups in total. The first-order valence-corrected chi connectivity index (χ1v) is 8.33. The average molecular weight is 279 g/mol. The van der Waals surface area contributed by atoms with E-state index in [-0.39, 0.29) is 16.9 Å². The number of amides is 1. The van der Waals surface area contributed by atoms with Gasteiger partial charge in [0, 0.05) is 12.1 Å². The minimum absolute atomic E-state index is 0.0239. The van der Waals surface area contributed by atoms with E-state index >= 15 is 0 Å². The molecule has 1 amide bonds. The quantitative estimate of drug-likeness (QED) is 0.717. The minimum atomic E-state index is -1.02. The summed E-state index contributed by atoms with van der Waals surface area (Å²) in [6, 6.07) is 0. The second-order valence-electron chi connectivity index (χ2n) is 8.77. The molecule has 20 heavy (non-hydrogen) atoms. The summed E-state index contributed by atoms with van der Waals surface area (Å²) in [5.74, 6) is 1.22. The summed E-state index contributed by atoms with van der Waals surface area (Å²) in [6.45, 7) is 5.22. The van der Waals surface area contributed by atoms with E-state index in [1.165, 1.54) is 6.42 Å². The Morgan fingerprint density at radius 2 is 1.80 bits per heavy atom. The molecule has 3 heteroatoms. The fraction of sp³-hybridized carbons (Fsp3) is 0.941. The average Bonchev–Trinajstić information content (AvgIpc) is 2.64. The Kier molecular flexibility index (Phi) is 2.47. The predicted molar refractivity (Wildman–Crippen MR) is 76.0 cm³/mol. The molecule has 1 saturated heterocycles. The molecule has 1 aliphatic heterocycles. The summed E-state index contributed by atoms with van der Waals surface area (Å²) in [5, 5.41) is 0. The van der Waals surface area contributed by atoms with Crippen LogP contribution in [0.15, 0.2) is 0 Å². The predicted octanol–water partition coefficient (Wildman–Crippen LogP) is 3.70. The number of carbonyl (C=O) groups is 1. The first-order chi connectivity index (χ1) is 9.32. The molecule has 0 aromatic heterocycles. The molecule has 0 spiro atoms. The third kappa shape index (κ3) is 1.70. The van der Waals surface area contributed by atoms with Crippen LogP contribution >= 0.6 is 0 Å². The summed E-state index contributed by atoms with van der Waals surface area (Å²) in [6.07, 6.45) is 7.23. The Hall–Kier alpha value is -0.600. The van der Waals surface area contributed by atoms with Crippen molar-refractivity contribution in [2.24, 2.45) is 17.3 Å². The highest BCUT2D eigenvalue weighted by Gasteiger charge is 2.62. The molecule has 4 bridgehead atoms. The molecular weight excluding hydrogens is 253 g/mol. The number of hydrogen-bond donors (Lipinski definition) is 0. The molecule has 5 aliphatic rings. The Labute approximate surface area is 121 Å². The number of rotatable bonds is 1. The second kappa shape index (κ2) is 3.78. The molecular formula is C17H26FNO. The van der Waals surface area contributed by atoms with Gasteiger partial charge in [0.2, 0.25) is 5.91 Å². The summed E-state index contributed by atoms with van der Waals surface area (Å²) in [7, 11) is 0. The van der Waals surface area contributed by atoms with Crippen LogP contribution in [0.1, 0.15) is 65.2 Å². The van der Waals surface area contributed by atoms with E-state index in [4.69, 9.17) is 0 Å². The van der Waals surface area contributed by atoms with Gasteiger partial charge in [0.25, 0.3) is 0 Å². The normalized spacial score (nSPS) is 48.9. The van der Waals surface area contributed by atoms with Gasteiger partial charge in [-0.15, -0.1) is 0 Å². The fourth-order valence-corrected chi connectivity index (χ4v) is 6.17. The zero-order chi connectivity index (χ0) is 14.2. The highest BCUT2D eigenvalue weighted by Crippen LogP contribution is 2.63. The SMILES string of the molecule is CC1(C)CCCN1C(=O)C12CC3CC(CC(F)(C3)C1)C2. The lowest BCUT2D eigenvalue weighted by atomic mass is 9.48. The zero-order valence-corrected chi connectivity index (χ0v) is 12.8. The summed E-state index contributed by atoms with van der Waals surface area (Å²) in [4.78, 5) is 15.3. The molecule has 112 valence electrons. The van der Waals surface area contributed by atoms with Crippen LogP contribution in [0.25, 0.3) is 0 Å². The van der Waals surface area contributed by atoms with Gasteiger partial charge in [-0.05, 0) is 77.0 Å². The maximum atomic E-state index is 15.0. The molecule has 0 radical (unpaired) electrons. The van der Waals surface area contributed by atoms with Crippen molar-refractivity contribution in [1.82, 2.24) is 4.90 Å². The molecule has 5 rings (SSSR count). The van der Waals surface area contributed by atoms with Crippen molar-refractivity contribution in [2.75, 3.05) is 6.54 Å². The molecule has 2 nitrogen and oxygen atoms in total. The third-order valence-electron chi connectivity index (χ3n) is 6.59. The molecule has 4 aliphatic carbocycles. The molecule has 0 aromatic rings. The lowest BCUT2D eigenvalue weighted by molar-refractivity contribution is -0.173. The Morgan fingerprint density at radius 3 is 2.30 bits per heavy atom. The Balaban J connectivity index is 1.66. The van der Waals surface area contributed by atoms with Crippen LogP contribution in [0.3, 0.4) is 0 Å². The van der Waals surface area contributed by atoms with Crippen molar-refractivity contribution >= 4 is 5.91 Å². The number of alkyl halides is 1. The van der Waals surface area contributed by atoms with Gasteiger partial charge in [0.15, 0.2) is 0 Å². The van der Waals surface area contributed by atoms with E-state index < -0.39 is 5.67 Å². The standard InChI is InChI=1S/C17H26FNO/c1-15(2)4-3-5-19(15)14(20)16-7-12-6-13(8-16)10-17(18,9-12)11-16/h12-13H,3-11H2,1-2H3. The van der Waals surface area contributed by atoms with E-state index in [2.05, 4.69) is 18.7 Å². The van der Waals surface area contributed by atoms with Crippen molar-refractivity contribution in [3.63, 3.8) is 0 Å².